The van der Waals surface area contributed by atoms with E-state index in [1.807, 2.05) is 24.3 Å². The van der Waals surface area contributed by atoms with Gasteiger partial charge >= 0.3 is 0 Å². The number of hydrogen-bond donors (Lipinski definition) is 2. The number of amides is 2. The van der Waals surface area contributed by atoms with Crippen LogP contribution in [0.25, 0.3) is 0 Å². The summed E-state index contributed by atoms with van der Waals surface area (Å²) in [7, 11) is 1.60. The highest BCUT2D eigenvalue weighted by molar-refractivity contribution is 8.00. The Morgan fingerprint density at radius 2 is 1.74 bits per heavy atom. The largest absolute Gasteiger partial charge is 0.497 e. The van der Waals surface area contributed by atoms with Crippen molar-refractivity contribution in [1.82, 2.24) is 5.32 Å². The molecule has 8 heteroatoms. The van der Waals surface area contributed by atoms with Crippen molar-refractivity contribution in [2.45, 2.75) is 6.42 Å². The summed E-state index contributed by atoms with van der Waals surface area (Å²) in [6, 6.07) is 10.4. The molecule has 0 aliphatic carbocycles. The number of halogens is 2. The quantitative estimate of drug-likeness (QED) is 0.686. The van der Waals surface area contributed by atoms with Crippen LogP contribution in [0.3, 0.4) is 0 Å². The van der Waals surface area contributed by atoms with Crippen LogP contribution in [0, 0.1) is 11.6 Å². The van der Waals surface area contributed by atoms with E-state index >= 15 is 0 Å². The monoisotopic (exact) mass is 394 g/mol. The number of nitrogens with one attached hydrogen (secondary N) is 2. The second-order valence-corrected chi connectivity index (χ2v) is 6.60. The van der Waals surface area contributed by atoms with Crippen molar-refractivity contribution in [1.29, 1.82) is 0 Å². The molecule has 2 rings (SSSR count). The van der Waals surface area contributed by atoms with E-state index in [2.05, 4.69) is 10.6 Å². The molecule has 144 valence electrons. The van der Waals surface area contributed by atoms with Crippen molar-refractivity contribution >= 4 is 29.3 Å². The molecule has 0 aliphatic heterocycles. The smallest absolute Gasteiger partial charge is 0.234 e. The third-order valence-corrected chi connectivity index (χ3v) is 4.50. The summed E-state index contributed by atoms with van der Waals surface area (Å²) >= 11 is 1.09. The van der Waals surface area contributed by atoms with Crippen molar-refractivity contribution in [2.24, 2.45) is 0 Å². The minimum Gasteiger partial charge on any atom is -0.497 e. The SMILES string of the molecule is COc1ccc(CCNC(=O)CSCC(=O)Nc2cc(F)ccc2F)cc1. The van der Waals surface area contributed by atoms with E-state index in [1.54, 1.807) is 7.11 Å². The lowest BCUT2D eigenvalue weighted by atomic mass is 10.1. The molecule has 0 unspecified atom stereocenters. The molecule has 27 heavy (non-hydrogen) atoms. The van der Waals surface area contributed by atoms with Crippen molar-refractivity contribution in [2.75, 3.05) is 30.5 Å². The molecule has 0 radical (unpaired) electrons. The van der Waals surface area contributed by atoms with Gasteiger partial charge in [0.1, 0.15) is 17.4 Å². The lowest BCUT2D eigenvalue weighted by molar-refractivity contribution is -0.118. The number of rotatable bonds is 9. The molecular formula is C19H20F2N2O3S. The van der Waals surface area contributed by atoms with Gasteiger partial charge in [-0.1, -0.05) is 12.1 Å². The fraction of sp³-hybridized carbons (Fsp3) is 0.263. The number of thioether (sulfide) groups is 1. The predicted molar refractivity (Wildman–Crippen MR) is 102 cm³/mol. The van der Waals surface area contributed by atoms with Crippen LogP contribution in [0.4, 0.5) is 14.5 Å². The van der Waals surface area contributed by atoms with Crippen LogP contribution >= 0.6 is 11.8 Å². The molecule has 0 saturated carbocycles. The minimum absolute atomic E-state index is 0.0398. The first-order valence-corrected chi connectivity index (χ1v) is 9.35. The number of methoxy groups -OCH3 is 1. The fourth-order valence-corrected chi connectivity index (χ4v) is 2.85. The zero-order valence-electron chi connectivity index (χ0n) is 14.8. The fourth-order valence-electron chi connectivity index (χ4n) is 2.21. The van der Waals surface area contributed by atoms with Gasteiger partial charge in [0, 0.05) is 12.6 Å². The van der Waals surface area contributed by atoms with Crippen LogP contribution in [0.5, 0.6) is 5.75 Å². The van der Waals surface area contributed by atoms with E-state index in [-0.39, 0.29) is 23.1 Å². The maximum absolute atomic E-state index is 13.4. The van der Waals surface area contributed by atoms with Crippen LogP contribution in [0.1, 0.15) is 5.56 Å². The second-order valence-electron chi connectivity index (χ2n) is 5.61. The first-order chi connectivity index (χ1) is 13.0. The zero-order chi connectivity index (χ0) is 19.6. The van der Waals surface area contributed by atoms with Crippen LogP contribution in [-0.4, -0.2) is 37.0 Å². The van der Waals surface area contributed by atoms with Gasteiger partial charge in [0.2, 0.25) is 11.8 Å². The van der Waals surface area contributed by atoms with E-state index in [1.165, 1.54) is 0 Å². The van der Waals surface area contributed by atoms with Crippen molar-refractivity contribution in [3.05, 3.63) is 59.7 Å². The first kappa shape index (κ1) is 20.7. The highest BCUT2D eigenvalue weighted by Crippen LogP contribution is 2.15. The number of ether oxygens (including phenoxy) is 1. The Morgan fingerprint density at radius 1 is 1.04 bits per heavy atom. The molecule has 0 heterocycles. The van der Waals surface area contributed by atoms with E-state index in [9.17, 15) is 18.4 Å². The Balaban J connectivity index is 1.63. The topological polar surface area (TPSA) is 67.4 Å². The molecule has 2 N–H and O–H groups in total. The molecule has 0 aromatic heterocycles. The normalized spacial score (nSPS) is 10.3. The second kappa shape index (κ2) is 10.5. The number of carbonyl (C=O) groups is 2. The standard InChI is InChI=1S/C19H20F2N2O3S/c1-26-15-5-2-13(3-6-15)8-9-22-18(24)11-27-12-19(25)23-17-10-14(20)4-7-16(17)21/h2-7,10H,8-9,11-12H2,1H3,(H,22,24)(H,23,25). The van der Waals surface area contributed by atoms with Crippen LogP contribution in [0.2, 0.25) is 0 Å². The first-order valence-electron chi connectivity index (χ1n) is 8.20. The van der Waals surface area contributed by atoms with Crippen molar-refractivity contribution in [3.8, 4) is 5.75 Å². The summed E-state index contributed by atoms with van der Waals surface area (Å²) in [5.74, 6) is -1.23. The molecule has 5 nitrogen and oxygen atoms in total. The molecule has 0 bridgehead atoms. The average Bonchev–Trinajstić information content (AvgIpc) is 2.65. The van der Waals surface area contributed by atoms with Gasteiger partial charge in [-0.25, -0.2) is 8.78 Å². The number of benzene rings is 2. The van der Waals surface area contributed by atoms with Gasteiger partial charge in [-0.2, -0.15) is 0 Å². The van der Waals surface area contributed by atoms with Crippen LogP contribution < -0.4 is 15.4 Å². The maximum atomic E-state index is 13.4. The Labute approximate surface area is 160 Å². The number of carbonyl (C=O) groups excluding carboxylic acids is 2. The van der Waals surface area contributed by atoms with Gasteiger partial charge in [-0.3, -0.25) is 9.59 Å². The van der Waals surface area contributed by atoms with Gasteiger partial charge in [0.05, 0.1) is 24.3 Å². The molecule has 0 spiro atoms. The Kier molecular flexibility index (Phi) is 8.06. The molecule has 2 aromatic carbocycles. The van der Waals surface area contributed by atoms with Gasteiger partial charge < -0.3 is 15.4 Å². The summed E-state index contributed by atoms with van der Waals surface area (Å²) in [5.41, 5.74) is 0.852. The van der Waals surface area contributed by atoms with E-state index in [0.717, 1.165) is 41.3 Å². The van der Waals surface area contributed by atoms with Gasteiger partial charge in [0.15, 0.2) is 0 Å². The van der Waals surface area contributed by atoms with Crippen LogP contribution in [0.15, 0.2) is 42.5 Å². The number of anilines is 1. The van der Waals surface area contributed by atoms with Gasteiger partial charge in [0.25, 0.3) is 0 Å². The highest BCUT2D eigenvalue weighted by atomic mass is 32.2. The molecule has 0 fully saturated rings. The average molecular weight is 394 g/mol. The molecule has 2 aromatic rings. The van der Waals surface area contributed by atoms with Crippen molar-refractivity contribution < 1.29 is 23.1 Å². The highest BCUT2D eigenvalue weighted by Gasteiger charge is 2.09. The summed E-state index contributed by atoms with van der Waals surface area (Å²) in [5, 5.41) is 5.05. The lowest BCUT2D eigenvalue weighted by Gasteiger charge is -2.07. The molecule has 0 aliphatic rings. The molecule has 0 atom stereocenters. The molecule has 0 saturated heterocycles. The van der Waals surface area contributed by atoms with Gasteiger partial charge in [-0.15, -0.1) is 11.8 Å². The predicted octanol–water partition coefficient (Wildman–Crippen LogP) is 3.00. The van der Waals surface area contributed by atoms with Crippen LogP contribution in [-0.2, 0) is 16.0 Å². The molecular weight excluding hydrogens is 374 g/mol. The summed E-state index contributed by atoms with van der Waals surface area (Å²) in [6.07, 6.45) is 0.680. The van der Waals surface area contributed by atoms with Crippen molar-refractivity contribution in [3.63, 3.8) is 0 Å². The Bertz CT molecular complexity index is 785. The zero-order valence-corrected chi connectivity index (χ0v) is 15.6. The lowest BCUT2D eigenvalue weighted by Crippen LogP contribution is -2.28. The third kappa shape index (κ3) is 7.26. The molecule has 2 amide bonds. The Morgan fingerprint density at radius 3 is 2.44 bits per heavy atom. The third-order valence-electron chi connectivity index (χ3n) is 3.56. The number of hydrogen-bond acceptors (Lipinski definition) is 4. The van der Waals surface area contributed by atoms with Gasteiger partial charge in [-0.05, 0) is 36.2 Å². The minimum atomic E-state index is -0.717. The van der Waals surface area contributed by atoms with E-state index in [0.29, 0.717) is 13.0 Å². The van der Waals surface area contributed by atoms with E-state index in [4.69, 9.17) is 4.74 Å². The summed E-state index contributed by atoms with van der Waals surface area (Å²) in [4.78, 5) is 23.5. The van der Waals surface area contributed by atoms with E-state index < -0.39 is 17.5 Å². The summed E-state index contributed by atoms with van der Waals surface area (Å²) < 4.78 is 31.6. The summed E-state index contributed by atoms with van der Waals surface area (Å²) in [6.45, 7) is 0.479. The maximum Gasteiger partial charge on any atom is 0.234 e. The Hall–Kier alpha value is -2.61.